The number of aliphatic hydroxyl groups is 1. The highest BCUT2D eigenvalue weighted by atomic mass is 32.2. The maximum Gasteiger partial charge on any atom is 0.326 e. The van der Waals surface area contributed by atoms with Gasteiger partial charge in [0.2, 0.25) is 0 Å². The van der Waals surface area contributed by atoms with Crippen molar-refractivity contribution in [1.82, 2.24) is 10.2 Å². The predicted molar refractivity (Wildman–Crippen MR) is 175 cm³/mol. The summed E-state index contributed by atoms with van der Waals surface area (Å²) in [4.78, 5) is 27.6. The minimum absolute atomic E-state index is 0.327. The number of carbonyl (C=O) groups excluding carboxylic acids is 1. The third-order valence-electron chi connectivity index (χ3n) is 7.05. The van der Waals surface area contributed by atoms with E-state index >= 15 is 0 Å². The van der Waals surface area contributed by atoms with E-state index in [2.05, 4.69) is 21.0 Å². The number of likely N-dealkylation sites (tertiary alicyclic amines) is 1. The summed E-state index contributed by atoms with van der Waals surface area (Å²) in [7, 11) is 4.25. The van der Waals surface area contributed by atoms with Gasteiger partial charge < -0.3 is 25.0 Å². The van der Waals surface area contributed by atoms with Crippen LogP contribution in [-0.4, -0.2) is 85.6 Å². The van der Waals surface area contributed by atoms with Crippen LogP contribution >= 0.6 is 11.8 Å². The Morgan fingerprint density at radius 1 is 1.02 bits per heavy atom. The molecule has 234 valence electrons. The number of thioether (sulfide) groups is 1. The molecule has 2 atom stereocenters. The van der Waals surface area contributed by atoms with Crippen molar-refractivity contribution in [3.05, 3.63) is 89.5 Å². The maximum atomic E-state index is 13.3. The third kappa shape index (κ3) is 11.3. The molecular weight excluding hydrogens is 564 g/mol. The van der Waals surface area contributed by atoms with Crippen molar-refractivity contribution < 1.29 is 29.3 Å². The van der Waals surface area contributed by atoms with Crippen LogP contribution in [0.4, 0.5) is 0 Å². The van der Waals surface area contributed by atoms with Crippen molar-refractivity contribution >= 4 is 23.6 Å². The van der Waals surface area contributed by atoms with Crippen LogP contribution in [0.15, 0.2) is 72.8 Å². The Bertz CT molecular complexity index is 1260. The Balaban J connectivity index is 0.00000121. The van der Waals surface area contributed by atoms with E-state index in [4.69, 9.17) is 9.84 Å². The molecule has 1 aliphatic heterocycles. The Morgan fingerprint density at radius 3 is 2.35 bits per heavy atom. The highest BCUT2D eigenvalue weighted by Crippen LogP contribution is 2.30. The zero-order chi connectivity index (χ0) is 31.6. The number of hydrogen-bond acceptors (Lipinski definition) is 7. The van der Waals surface area contributed by atoms with E-state index in [1.165, 1.54) is 0 Å². The van der Waals surface area contributed by atoms with E-state index in [0.717, 1.165) is 61.0 Å². The molecule has 1 amide bonds. The summed E-state index contributed by atoms with van der Waals surface area (Å²) in [5.41, 5.74) is 4.46. The number of carbonyl (C=O) groups is 2. The minimum atomic E-state index is -1.01. The fourth-order valence-corrected chi connectivity index (χ4v) is 5.42. The topological polar surface area (TPSA) is 108 Å². The lowest BCUT2D eigenvalue weighted by Gasteiger charge is -2.25. The largest absolute Gasteiger partial charge is 0.492 e. The van der Waals surface area contributed by atoms with Crippen molar-refractivity contribution in [2.75, 3.05) is 46.5 Å². The summed E-state index contributed by atoms with van der Waals surface area (Å²) in [5, 5.41) is 19.4. The maximum absolute atomic E-state index is 13.3. The number of nitrogens with zero attached hydrogens (tertiary/aromatic N) is 1. The van der Waals surface area contributed by atoms with E-state index in [-0.39, 0.29) is 5.91 Å². The highest BCUT2D eigenvalue weighted by Gasteiger charge is 2.26. The molecule has 8 nitrogen and oxygen atoms in total. The summed E-state index contributed by atoms with van der Waals surface area (Å²) in [5.74, 6) is 0.165. The van der Waals surface area contributed by atoms with Crippen molar-refractivity contribution in [2.24, 2.45) is 0 Å². The van der Waals surface area contributed by atoms with Gasteiger partial charge in [-0.05, 0) is 91.3 Å². The average molecular weight is 611 g/mol. The molecular formula is C34H46N2O6S. The number of methoxy groups -OCH3 is 1. The van der Waals surface area contributed by atoms with E-state index in [1.807, 2.05) is 79.9 Å². The first kappa shape index (κ1) is 35.8. The average Bonchev–Trinajstić information content (AvgIpc) is 3.46. The third-order valence-corrected chi connectivity index (χ3v) is 7.69. The quantitative estimate of drug-likeness (QED) is 0.246. The van der Waals surface area contributed by atoms with Gasteiger partial charge in [0, 0.05) is 39.5 Å². The van der Waals surface area contributed by atoms with Crippen LogP contribution in [0.25, 0.3) is 11.1 Å². The SMILES string of the molecule is CO.COC.CSCCC(NC(=O)c1ccc(CN2CCCC2COc2ccccc2)cc1-c1ccccc1C)C(=O)O. The number of aliphatic carboxylic acids is 1. The normalized spacial score (nSPS) is 14.9. The van der Waals surface area contributed by atoms with E-state index in [9.17, 15) is 14.7 Å². The number of carboxylic acid groups (broad SMARTS) is 1. The van der Waals surface area contributed by atoms with Gasteiger partial charge in [0.15, 0.2) is 0 Å². The molecule has 1 aliphatic rings. The van der Waals surface area contributed by atoms with Gasteiger partial charge in [-0.25, -0.2) is 4.79 Å². The fraction of sp³-hybridized carbons (Fsp3) is 0.412. The van der Waals surface area contributed by atoms with Gasteiger partial charge in [-0.15, -0.1) is 0 Å². The molecule has 2 unspecified atom stereocenters. The number of aryl methyl sites for hydroxylation is 1. The molecule has 9 heteroatoms. The van der Waals surface area contributed by atoms with Gasteiger partial charge in [-0.3, -0.25) is 9.69 Å². The number of amides is 1. The summed E-state index contributed by atoms with van der Waals surface area (Å²) < 4.78 is 10.3. The number of hydrogen-bond donors (Lipinski definition) is 3. The van der Waals surface area contributed by atoms with Crippen LogP contribution in [0, 0.1) is 6.92 Å². The number of para-hydroxylation sites is 1. The molecule has 0 saturated carbocycles. The molecule has 0 bridgehead atoms. The molecule has 0 aromatic heterocycles. The number of aliphatic hydroxyl groups excluding tert-OH is 1. The molecule has 3 aromatic carbocycles. The Kier molecular flexibility index (Phi) is 16.5. The molecule has 0 spiro atoms. The lowest BCUT2D eigenvalue weighted by Crippen LogP contribution is -2.41. The first-order valence-electron chi connectivity index (χ1n) is 14.4. The van der Waals surface area contributed by atoms with Gasteiger partial charge in [0.25, 0.3) is 5.91 Å². The van der Waals surface area contributed by atoms with Crippen LogP contribution in [0.1, 0.15) is 40.7 Å². The van der Waals surface area contributed by atoms with Crippen LogP contribution in [0.5, 0.6) is 5.75 Å². The summed E-state index contributed by atoms with van der Waals surface area (Å²) >= 11 is 1.56. The molecule has 1 saturated heterocycles. The smallest absolute Gasteiger partial charge is 0.326 e. The Hall–Kier alpha value is -3.37. The number of carboxylic acids is 1. The van der Waals surface area contributed by atoms with E-state index in [0.29, 0.717) is 30.4 Å². The number of ether oxygens (including phenoxy) is 2. The first-order chi connectivity index (χ1) is 20.9. The first-order valence-corrected chi connectivity index (χ1v) is 15.8. The van der Waals surface area contributed by atoms with Gasteiger partial charge >= 0.3 is 5.97 Å². The number of benzene rings is 3. The molecule has 1 fully saturated rings. The monoisotopic (exact) mass is 610 g/mol. The summed E-state index contributed by atoms with van der Waals surface area (Å²) in [6.45, 7) is 4.43. The molecule has 0 aliphatic carbocycles. The van der Waals surface area contributed by atoms with Gasteiger partial charge in [0.1, 0.15) is 18.4 Å². The van der Waals surface area contributed by atoms with Gasteiger partial charge in [-0.1, -0.05) is 48.5 Å². The fourth-order valence-electron chi connectivity index (χ4n) is 4.95. The van der Waals surface area contributed by atoms with Crippen molar-refractivity contribution in [1.29, 1.82) is 0 Å². The van der Waals surface area contributed by atoms with Gasteiger partial charge in [0.05, 0.1) is 0 Å². The van der Waals surface area contributed by atoms with Crippen molar-refractivity contribution in [3.63, 3.8) is 0 Å². The predicted octanol–water partition coefficient (Wildman–Crippen LogP) is 5.51. The zero-order valence-electron chi connectivity index (χ0n) is 25.9. The summed E-state index contributed by atoms with van der Waals surface area (Å²) in [6.07, 6.45) is 4.51. The second kappa shape index (κ2) is 19.7. The molecule has 3 N–H and O–H groups in total. The van der Waals surface area contributed by atoms with E-state index in [1.54, 1.807) is 26.0 Å². The minimum Gasteiger partial charge on any atom is -0.492 e. The van der Waals surface area contributed by atoms with Crippen molar-refractivity contribution in [2.45, 2.75) is 44.8 Å². The number of rotatable bonds is 12. The lowest BCUT2D eigenvalue weighted by atomic mass is 9.93. The van der Waals surface area contributed by atoms with Crippen LogP contribution in [0.3, 0.4) is 0 Å². The summed E-state index contributed by atoms with van der Waals surface area (Å²) in [6, 6.07) is 23.2. The lowest BCUT2D eigenvalue weighted by molar-refractivity contribution is -0.139. The molecule has 0 radical (unpaired) electrons. The Labute approximate surface area is 260 Å². The molecule has 1 heterocycles. The second-order valence-corrected chi connectivity index (χ2v) is 11.1. The van der Waals surface area contributed by atoms with Crippen LogP contribution in [-0.2, 0) is 16.1 Å². The standard InChI is InChI=1S/C31H36N2O4S.C2H6O.CH4O/c1-22-9-6-7-13-26(22)28-19-23(14-15-27(28)30(34)32-29(31(35)36)16-18-38-2)20-33-17-8-10-24(33)21-37-25-11-4-3-5-12-25;1-3-2;1-2/h3-7,9,11-15,19,24,29H,8,10,16-18,20-21H2,1-2H3,(H,32,34)(H,35,36);1-2H3;2H,1H3. The highest BCUT2D eigenvalue weighted by molar-refractivity contribution is 7.98. The Morgan fingerprint density at radius 2 is 1.70 bits per heavy atom. The molecule has 4 rings (SSSR count). The number of nitrogens with one attached hydrogen (secondary N) is 1. The zero-order valence-corrected chi connectivity index (χ0v) is 26.7. The second-order valence-electron chi connectivity index (χ2n) is 10.1. The van der Waals surface area contributed by atoms with Crippen LogP contribution < -0.4 is 10.1 Å². The van der Waals surface area contributed by atoms with Gasteiger partial charge in [-0.2, -0.15) is 11.8 Å². The van der Waals surface area contributed by atoms with Crippen LogP contribution in [0.2, 0.25) is 0 Å². The van der Waals surface area contributed by atoms with Crippen molar-refractivity contribution in [3.8, 4) is 16.9 Å². The van der Waals surface area contributed by atoms with E-state index < -0.39 is 12.0 Å². The molecule has 3 aromatic rings. The molecule has 43 heavy (non-hydrogen) atoms.